The number of aromatic amines is 1. The van der Waals surface area contributed by atoms with Gasteiger partial charge in [-0.3, -0.25) is 0 Å². The van der Waals surface area contributed by atoms with Crippen LogP contribution in [-0.4, -0.2) is 19.5 Å². The van der Waals surface area contributed by atoms with Gasteiger partial charge in [0.25, 0.3) is 0 Å². The van der Waals surface area contributed by atoms with Gasteiger partial charge in [0.1, 0.15) is 5.52 Å². The first-order valence-corrected chi connectivity index (χ1v) is 7.64. The molecule has 10 heteroatoms. The molecule has 0 aliphatic rings. The van der Waals surface area contributed by atoms with Crippen molar-refractivity contribution in [3.63, 3.8) is 0 Å². The maximum absolute atomic E-state index is 12.9. The molecule has 0 bridgehead atoms. The molecule has 4 rings (SSSR count). The third kappa shape index (κ3) is 2.90. The Labute approximate surface area is 147 Å². The van der Waals surface area contributed by atoms with Crippen molar-refractivity contribution >= 4 is 22.1 Å². The summed E-state index contributed by atoms with van der Waals surface area (Å²) in [6.45, 7) is 0. The van der Waals surface area contributed by atoms with Crippen molar-refractivity contribution < 1.29 is 26.3 Å². The monoisotopic (exact) mass is 384 g/mol. The summed E-state index contributed by atoms with van der Waals surface area (Å²) in [4.78, 5) is 10.9. The van der Waals surface area contributed by atoms with Crippen LogP contribution in [0.1, 0.15) is 11.1 Å². The SMILES string of the molecule is Cn1c(-c2cc3cc(C(F)(F)F)ccc3[nH]2)nc2cc(C(F)(F)F)cnc21. The van der Waals surface area contributed by atoms with Crippen molar-refractivity contribution in [1.29, 1.82) is 0 Å². The number of nitrogens with zero attached hydrogens (tertiary/aromatic N) is 3. The molecule has 27 heavy (non-hydrogen) atoms. The standard InChI is InChI=1S/C17H10F6N4/c1-27-14-13(6-10(7-24-14)17(21,22)23)26-15(27)12-5-8-4-9(16(18,19)20)2-3-11(8)25-12/h2-7,25H,1H3. The molecule has 0 radical (unpaired) electrons. The lowest BCUT2D eigenvalue weighted by Gasteiger charge is -2.05. The average molecular weight is 384 g/mol. The van der Waals surface area contributed by atoms with E-state index in [1.807, 2.05) is 0 Å². The molecule has 0 amide bonds. The van der Waals surface area contributed by atoms with Crippen LogP contribution in [-0.2, 0) is 19.4 Å². The van der Waals surface area contributed by atoms with E-state index in [1.165, 1.54) is 16.7 Å². The number of alkyl halides is 6. The van der Waals surface area contributed by atoms with E-state index in [1.54, 1.807) is 7.05 Å². The maximum Gasteiger partial charge on any atom is 0.417 e. The summed E-state index contributed by atoms with van der Waals surface area (Å²) >= 11 is 0. The van der Waals surface area contributed by atoms with Gasteiger partial charge >= 0.3 is 12.4 Å². The number of hydrogen-bond acceptors (Lipinski definition) is 2. The molecule has 4 aromatic rings. The molecule has 4 nitrogen and oxygen atoms in total. The highest BCUT2D eigenvalue weighted by Crippen LogP contribution is 2.34. The predicted molar refractivity (Wildman–Crippen MR) is 85.8 cm³/mol. The smallest absolute Gasteiger partial charge is 0.352 e. The van der Waals surface area contributed by atoms with Crippen LogP contribution in [0.3, 0.4) is 0 Å². The van der Waals surface area contributed by atoms with E-state index in [0.29, 0.717) is 22.8 Å². The first kappa shape index (κ1) is 17.4. The van der Waals surface area contributed by atoms with Crippen molar-refractivity contribution in [2.24, 2.45) is 7.05 Å². The molecular weight excluding hydrogens is 374 g/mol. The average Bonchev–Trinajstić information content (AvgIpc) is 3.13. The molecule has 1 N–H and O–H groups in total. The van der Waals surface area contributed by atoms with Crippen molar-refractivity contribution in [1.82, 2.24) is 19.5 Å². The molecule has 0 fully saturated rings. The van der Waals surface area contributed by atoms with E-state index >= 15 is 0 Å². The molecule has 0 aliphatic carbocycles. The summed E-state index contributed by atoms with van der Waals surface area (Å²) < 4.78 is 78.6. The summed E-state index contributed by atoms with van der Waals surface area (Å²) in [6, 6.07) is 5.60. The predicted octanol–water partition coefficient (Wildman–Crippen LogP) is 5.15. The summed E-state index contributed by atoms with van der Waals surface area (Å²) in [7, 11) is 1.57. The fraction of sp³-hybridized carbons (Fsp3) is 0.176. The van der Waals surface area contributed by atoms with E-state index in [0.717, 1.165) is 18.2 Å². The van der Waals surface area contributed by atoms with Gasteiger partial charge < -0.3 is 9.55 Å². The van der Waals surface area contributed by atoms with Crippen molar-refractivity contribution in [3.8, 4) is 11.5 Å². The van der Waals surface area contributed by atoms with Gasteiger partial charge in [-0.15, -0.1) is 0 Å². The molecule has 0 atom stereocenters. The van der Waals surface area contributed by atoms with Gasteiger partial charge in [-0.25, -0.2) is 9.97 Å². The van der Waals surface area contributed by atoms with Crippen LogP contribution in [0.25, 0.3) is 33.6 Å². The van der Waals surface area contributed by atoms with E-state index in [-0.39, 0.29) is 17.0 Å². The lowest BCUT2D eigenvalue weighted by molar-refractivity contribution is -0.138. The number of aryl methyl sites for hydroxylation is 1. The second-order valence-corrected chi connectivity index (χ2v) is 6.04. The van der Waals surface area contributed by atoms with Crippen LogP contribution in [0.5, 0.6) is 0 Å². The molecule has 3 heterocycles. The zero-order chi connectivity index (χ0) is 19.6. The number of rotatable bonds is 1. The van der Waals surface area contributed by atoms with Crippen LogP contribution in [0.15, 0.2) is 36.5 Å². The van der Waals surface area contributed by atoms with Crippen molar-refractivity contribution in [2.75, 3.05) is 0 Å². The highest BCUT2D eigenvalue weighted by Gasteiger charge is 2.32. The normalized spacial score (nSPS) is 13.0. The van der Waals surface area contributed by atoms with E-state index in [4.69, 9.17) is 0 Å². The molecule has 140 valence electrons. The maximum atomic E-state index is 12.9. The second-order valence-electron chi connectivity index (χ2n) is 6.04. The Morgan fingerprint density at radius 3 is 2.30 bits per heavy atom. The number of aromatic nitrogens is 4. The zero-order valence-corrected chi connectivity index (χ0v) is 13.6. The first-order chi connectivity index (χ1) is 12.5. The fourth-order valence-corrected chi connectivity index (χ4v) is 2.90. The van der Waals surface area contributed by atoms with Gasteiger partial charge in [-0.1, -0.05) is 0 Å². The van der Waals surface area contributed by atoms with E-state index < -0.39 is 23.5 Å². The largest absolute Gasteiger partial charge is 0.417 e. The summed E-state index contributed by atoms with van der Waals surface area (Å²) in [6.07, 6.45) is -8.30. The number of hydrogen-bond donors (Lipinski definition) is 1. The van der Waals surface area contributed by atoms with Gasteiger partial charge in [-0.2, -0.15) is 26.3 Å². The quantitative estimate of drug-likeness (QED) is 0.461. The second kappa shape index (κ2) is 5.48. The van der Waals surface area contributed by atoms with Crippen LogP contribution in [0, 0.1) is 0 Å². The molecule has 1 aromatic carbocycles. The number of nitrogens with one attached hydrogen (secondary N) is 1. The molecular formula is C17H10F6N4. The third-order valence-corrected chi connectivity index (χ3v) is 4.23. The summed E-state index contributed by atoms with van der Waals surface area (Å²) in [5, 5.41) is 0.316. The molecule has 0 saturated heterocycles. The Balaban J connectivity index is 1.85. The lowest BCUT2D eigenvalue weighted by Crippen LogP contribution is -2.05. The van der Waals surface area contributed by atoms with Gasteiger partial charge in [0.2, 0.25) is 0 Å². The Bertz CT molecular complexity index is 1170. The van der Waals surface area contributed by atoms with Crippen LogP contribution < -0.4 is 0 Å². The highest BCUT2D eigenvalue weighted by atomic mass is 19.4. The zero-order valence-electron chi connectivity index (χ0n) is 13.6. The minimum atomic E-state index is -4.55. The van der Waals surface area contributed by atoms with Crippen LogP contribution in [0.4, 0.5) is 26.3 Å². The fourth-order valence-electron chi connectivity index (χ4n) is 2.90. The topological polar surface area (TPSA) is 46.5 Å². The van der Waals surface area contributed by atoms with Crippen molar-refractivity contribution in [2.45, 2.75) is 12.4 Å². The summed E-state index contributed by atoms with van der Waals surface area (Å²) in [5.74, 6) is 0.265. The minimum absolute atomic E-state index is 0.0389. The van der Waals surface area contributed by atoms with Gasteiger partial charge in [-0.05, 0) is 30.3 Å². The number of imidazole rings is 1. The van der Waals surface area contributed by atoms with E-state index in [9.17, 15) is 26.3 Å². The molecule has 3 aromatic heterocycles. The Morgan fingerprint density at radius 1 is 0.926 bits per heavy atom. The van der Waals surface area contributed by atoms with Crippen LogP contribution in [0.2, 0.25) is 0 Å². The Morgan fingerprint density at radius 2 is 1.63 bits per heavy atom. The number of H-pyrrole nitrogens is 1. The van der Waals surface area contributed by atoms with Gasteiger partial charge in [0, 0.05) is 24.1 Å². The molecule has 0 unspecified atom stereocenters. The number of pyridine rings is 1. The summed E-state index contributed by atoms with van der Waals surface area (Å²) in [5.41, 5.74) is -0.620. The third-order valence-electron chi connectivity index (χ3n) is 4.23. The van der Waals surface area contributed by atoms with Gasteiger partial charge in [0.05, 0.1) is 16.8 Å². The number of benzene rings is 1. The Kier molecular flexibility index (Phi) is 3.53. The first-order valence-electron chi connectivity index (χ1n) is 7.64. The number of halogens is 6. The Hall–Kier alpha value is -3.04. The lowest BCUT2D eigenvalue weighted by atomic mass is 10.1. The number of fused-ring (bicyclic) bond motifs is 2. The van der Waals surface area contributed by atoms with Crippen LogP contribution >= 0.6 is 0 Å². The molecule has 0 saturated carbocycles. The van der Waals surface area contributed by atoms with Gasteiger partial charge in [0.15, 0.2) is 11.5 Å². The minimum Gasteiger partial charge on any atom is -0.352 e. The van der Waals surface area contributed by atoms with Crippen molar-refractivity contribution in [3.05, 3.63) is 47.7 Å². The molecule has 0 aliphatic heterocycles. The van der Waals surface area contributed by atoms with E-state index in [2.05, 4.69) is 15.0 Å². The molecule has 0 spiro atoms. The highest BCUT2D eigenvalue weighted by molar-refractivity contribution is 5.87.